The normalized spacial score (nSPS) is 11.4. The average molecular weight is 298 g/mol. The van der Waals surface area contributed by atoms with E-state index in [1.807, 2.05) is 0 Å². The quantitative estimate of drug-likeness (QED) is 0.676. The first kappa shape index (κ1) is 15.3. The van der Waals surface area contributed by atoms with Crippen LogP contribution in [0.2, 0.25) is 0 Å². The largest absolute Gasteiger partial charge is 0.461 e. The summed E-state index contributed by atoms with van der Waals surface area (Å²) in [7, 11) is -3.45. The zero-order chi connectivity index (χ0) is 14.6. The molecule has 0 spiro atoms. The van der Waals surface area contributed by atoms with Gasteiger partial charge in [0.25, 0.3) is 11.0 Å². The number of halogens is 3. The maximum absolute atomic E-state index is 12.7. The third-order valence-electron chi connectivity index (χ3n) is 1.96. The molecule has 0 saturated carbocycles. The van der Waals surface area contributed by atoms with Gasteiger partial charge in [-0.2, -0.15) is 21.6 Å². The smallest absolute Gasteiger partial charge is 0.420 e. The van der Waals surface area contributed by atoms with Gasteiger partial charge in [0.2, 0.25) is 0 Å². The van der Waals surface area contributed by atoms with Crippen molar-refractivity contribution >= 4 is 17.0 Å². The van der Waals surface area contributed by atoms with E-state index in [1.54, 1.807) is 0 Å². The van der Waals surface area contributed by atoms with Gasteiger partial charge in [-0.1, -0.05) is 6.07 Å². The second-order valence-corrected chi connectivity index (χ2v) is 4.05. The van der Waals surface area contributed by atoms with E-state index in [9.17, 15) is 26.4 Å². The maximum atomic E-state index is 12.7. The van der Waals surface area contributed by atoms with E-state index < -0.39 is 34.4 Å². The van der Waals surface area contributed by atoms with Gasteiger partial charge in [-0.15, -0.1) is 0 Å². The van der Waals surface area contributed by atoms with Crippen molar-refractivity contribution in [1.29, 1.82) is 0 Å². The Balaban J connectivity index is 3.11. The molecular formula is C10H9F3O5S. The van der Waals surface area contributed by atoms with Crippen LogP contribution in [0.1, 0.15) is 18.1 Å². The standard InChI is InChI=1S/C10H9F3O5S/c1-6(14)17-5-7-2-3-9(18-19(15)16)8(4-7)10(11,12)13/h2-4,19H,5H2,1H3. The number of thiol groups is 1. The Hall–Kier alpha value is -1.77. The first-order valence-electron chi connectivity index (χ1n) is 4.86. The zero-order valence-electron chi connectivity index (χ0n) is 9.56. The SMILES string of the molecule is CC(=O)OCc1ccc(O[SH](=O)=O)c(C(F)(F)F)c1. The Kier molecular flexibility index (Phi) is 4.76. The minimum Gasteiger partial charge on any atom is -0.461 e. The van der Waals surface area contributed by atoms with Crippen LogP contribution in [0.4, 0.5) is 13.2 Å². The van der Waals surface area contributed by atoms with Crippen molar-refractivity contribution in [2.45, 2.75) is 19.7 Å². The van der Waals surface area contributed by atoms with E-state index >= 15 is 0 Å². The van der Waals surface area contributed by atoms with Gasteiger partial charge in [0.15, 0.2) is 5.75 Å². The zero-order valence-corrected chi connectivity index (χ0v) is 10.5. The molecule has 0 unspecified atom stereocenters. The number of hydrogen-bond acceptors (Lipinski definition) is 5. The Morgan fingerprint density at radius 3 is 2.42 bits per heavy atom. The second-order valence-electron chi connectivity index (χ2n) is 3.42. The van der Waals surface area contributed by atoms with Crippen molar-refractivity contribution in [2.24, 2.45) is 0 Å². The minimum absolute atomic E-state index is 0.0657. The Morgan fingerprint density at radius 1 is 1.32 bits per heavy atom. The second kappa shape index (κ2) is 5.91. The first-order valence-corrected chi connectivity index (χ1v) is 5.95. The molecule has 1 aromatic rings. The van der Waals surface area contributed by atoms with E-state index in [0.717, 1.165) is 13.0 Å². The molecule has 0 heterocycles. The highest BCUT2D eigenvalue weighted by Crippen LogP contribution is 2.37. The summed E-state index contributed by atoms with van der Waals surface area (Å²) in [6.45, 7) is 0.770. The van der Waals surface area contributed by atoms with E-state index in [2.05, 4.69) is 8.92 Å². The highest BCUT2D eigenvalue weighted by molar-refractivity contribution is 7.67. The number of ether oxygens (including phenoxy) is 1. The fourth-order valence-electron chi connectivity index (χ4n) is 1.23. The molecule has 9 heteroatoms. The fraction of sp³-hybridized carbons (Fsp3) is 0.300. The lowest BCUT2D eigenvalue weighted by Crippen LogP contribution is -2.09. The summed E-state index contributed by atoms with van der Waals surface area (Å²) in [6.07, 6.45) is -4.78. The van der Waals surface area contributed by atoms with Crippen LogP contribution in [-0.2, 0) is 33.3 Å². The summed E-state index contributed by atoms with van der Waals surface area (Å²) >= 11 is 0. The third-order valence-corrected chi connectivity index (χ3v) is 2.31. The van der Waals surface area contributed by atoms with Crippen LogP contribution in [0.15, 0.2) is 18.2 Å². The molecule has 0 aliphatic rings. The molecule has 106 valence electrons. The minimum atomic E-state index is -4.78. The van der Waals surface area contributed by atoms with Crippen molar-refractivity contribution in [3.05, 3.63) is 29.3 Å². The predicted octanol–water partition coefficient (Wildman–Crippen LogP) is 1.67. The van der Waals surface area contributed by atoms with Crippen LogP contribution >= 0.6 is 0 Å². The summed E-state index contributed by atoms with van der Waals surface area (Å²) in [6, 6.07) is 2.69. The lowest BCUT2D eigenvalue weighted by atomic mass is 10.1. The fourth-order valence-corrected chi connectivity index (χ4v) is 1.55. The van der Waals surface area contributed by atoms with E-state index in [1.165, 1.54) is 6.07 Å². The topological polar surface area (TPSA) is 69.7 Å². The van der Waals surface area contributed by atoms with Crippen molar-refractivity contribution < 1.29 is 35.3 Å². The highest BCUT2D eigenvalue weighted by Gasteiger charge is 2.35. The summed E-state index contributed by atoms with van der Waals surface area (Å²) < 4.78 is 67.4. The van der Waals surface area contributed by atoms with Crippen LogP contribution in [0.3, 0.4) is 0 Å². The molecule has 1 rings (SSSR count). The van der Waals surface area contributed by atoms with Gasteiger partial charge >= 0.3 is 12.1 Å². The van der Waals surface area contributed by atoms with E-state index in [4.69, 9.17) is 0 Å². The van der Waals surface area contributed by atoms with Gasteiger partial charge in [-0.3, -0.25) is 4.79 Å². The Bertz CT molecular complexity index is 543. The van der Waals surface area contributed by atoms with Crippen molar-refractivity contribution in [3.63, 3.8) is 0 Å². The van der Waals surface area contributed by atoms with Gasteiger partial charge in [0.1, 0.15) is 6.61 Å². The van der Waals surface area contributed by atoms with Crippen molar-refractivity contribution in [1.82, 2.24) is 0 Å². The molecule has 0 radical (unpaired) electrons. The number of esters is 1. The third kappa shape index (κ3) is 4.78. The van der Waals surface area contributed by atoms with Gasteiger partial charge in [0, 0.05) is 6.92 Å². The average Bonchev–Trinajstić information content (AvgIpc) is 2.25. The lowest BCUT2D eigenvalue weighted by molar-refractivity contribution is -0.142. The molecule has 19 heavy (non-hydrogen) atoms. The molecule has 0 atom stereocenters. The lowest BCUT2D eigenvalue weighted by Gasteiger charge is -2.12. The number of hydrogen-bond donors (Lipinski definition) is 1. The molecule has 1 aromatic carbocycles. The van der Waals surface area contributed by atoms with E-state index in [0.29, 0.717) is 6.07 Å². The van der Waals surface area contributed by atoms with E-state index in [-0.39, 0.29) is 12.2 Å². The summed E-state index contributed by atoms with van der Waals surface area (Å²) in [4.78, 5) is 10.6. The van der Waals surface area contributed by atoms with Crippen LogP contribution in [-0.4, -0.2) is 14.4 Å². The number of benzene rings is 1. The van der Waals surface area contributed by atoms with Crippen LogP contribution < -0.4 is 4.18 Å². The molecule has 5 nitrogen and oxygen atoms in total. The van der Waals surface area contributed by atoms with Crippen LogP contribution in [0, 0.1) is 0 Å². The molecule has 0 aromatic heterocycles. The molecule has 0 bridgehead atoms. The van der Waals surface area contributed by atoms with Gasteiger partial charge in [0.05, 0.1) is 5.56 Å². The van der Waals surface area contributed by atoms with Crippen molar-refractivity contribution in [2.75, 3.05) is 0 Å². The summed E-state index contributed by atoms with van der Waals surface area (Å²) in [5.41, 5.74) is -1.19. The summed E-state index contributed by atoms with van der Waals surface area (Å²) in [5, 5.41) is 0. The molecular weight excluding hydrogens is 289 g/mol. The first-order chi connectivity index (χ1) is 8.70. The van der Waals surface area contributed by atoms with Gasteiger partial charge < -0.3 is 8.92 Å². The number of carbonyl (C=O) groups is 1. The van der Waals surface area contributed by atoms with Crippen molar-refractivity contribution in [3.8, 4) is 5.75 Å². The molecule has 0 aliphatic carbocycles. The molecule has 0 amide bonds. The summed E-state index contributed by atoms with van der Waals surface area (Å²) in [5.74, 6) is -1.47. The predicted molar refractivity (Wildman–Crippen MR) is 57.9 cm³/mol. The number of carbonyl (C=O) groups excluding carboxylic acids is 1. The molecule has 0 aliphatic heterocycles. The van der Waals surface area contributed by atoms with Crippen LogP contribution in [0.5, 0.6) is 5.75 Å². The number of rotatable bonds is 4. The van der Waals surface area contributed by atoms with Gasteiger partial charge in [-0.25, -0.2) is 0 Å². The Morgan fingerprint density at radius 2 is 1.95 bits per heavy atom. The number of alkyl halides is 3. The molecule has 0 N–H and O–H groups in total. The Labute approximate surface area is 108 Å². The molecule has 0 fully saturated rings. The molecule has 0 saturated heterocycles. The monoisotopic (exact) mass is 298 g/mol. The van der Waals surface area contributed by atoms with Gasteiger partial charge in [-0.05, 0) is 17.7 Å². The van der Waals surface area contributed by atoms with Crippen LogP contribution in [0.25, 0.3) is 0 Å². The maximum Gasteiger partial charge on any atom is 0.420 e. The highest BCUT2D eigenvalue weighted by atomic mass is 32.2.